The summed E-state index contributed by atoms with van der Waals surface area (Å²) in [6, 6.07) is 0. The third-order valence-electron chi connectivity index (χ3n) is 3.62. The molecule has 3 unspecified atom stereocenters. The van der Waals surface area contributed by atoms with Crippen LogP contribution in [0.2, 0.25) is 0 Å². The van der Waals surface area contributed by atoms with Crippen LogP contribution in [-0.4, -0.2) is 41.5 Å². The van der Waals surface area contributed by atoms with Crippen LogP contribution in [0.5, 0.6) is 0 Å². The monoisotopic (exact) mass is 242 g/mol. The summed E-state index contributed by atoms with van der Waals surface area (Å²) in [4.78, 5) is 24.8. The second-order valence-electron chi connectivity index (χ2n) is 5.25. The van der Waals surface area contributed by atoms with Crippen molar-refractivity contribution in [1.29, 1.82) is 0 Å². The Morgan fingerprint density at radius 2 is 2.00 bits per heavy atom. The third kappa shape index (κ3) is 2.97. The van der Waals surface area contributed by atoms with E-state index in [4.69, 9.17) is 10.8 Å². The summed E-state index contributed by atoms with van der Waals surface area (Å²) in [5.41, 5.74) is 5.61. The lowest BCUT2D eigenvalue weighted by atomic mass is 9.94. The Labute approximate surface area is 102 Å². The zero-order chi connectivity index (χ0) is 13.2. The smallest absolute Gasteiger partial charge is 0.308 e. The summed E-state index contributed by atoms with van der Waals surface area (Å²) < 4.78 is 0. The number of carboxylic acids is 1. The van der Waals surface area contributed by atoms with Crippen molar-refractivity contribution in [2.24, 2.45) is 29.4 Å². The van der Waals surface area contributed by atoms with Gasteiger partial charge < -0.3 is 15.7 Å². The molecule has 5 nitrogen and oxygen atoms in total. The van der Waals surface area contributed by atoms with E-state index in [0.717, 1.165) is 0 Å². The molecule has 0 aromatic heterocycles. The highest BCUT2D eigenvalue weighted by atomic mass is 16.4. The van der Waals surface area contributed by atoms with E-state index in [1.807, 2.05) is 20.8 Å². The van der Waals surface area contributed by atoms with Crippen LogP contribution in [0.3, 0.4) is 0 Å². The van der Waals surface area contributed by atoms with E-state index in [-0.39, 0.29) is 23.7 Å². The van der Waals surface area contributed by atoms with E-state index >= 15 is 0 Å². The number of amides is 1. The van der Waals surface area contributed by atoms with E-state index < -0.39 is 11.9 Å². The summed E-state index contributed by atoms with van der Waals surface area (Å²) in [6.45, 7) is 6.96. The standard InChI is InChI=1S/C12H22N2O3/c1-7(2)9(4-13)11(15)14-5-8(3)10(6-14)12(16)17/h7-10H,4-6,13H2,1-3H3,(H,16,17). The molecule has 0 aromatic rings. The maximum absolute atomic E-state index is 12.2. The first-order chi connectivity index (χ1) is 7.88. The third-order valence-corrected chi connectivity index (χ3v) is 3.62. The molecular formula is C12H22N2O3. The van der Waals surface area contributed by atoms with Crippen molar-refractivity contribution in [2.75, 3.05) is 19.6 Å². The zero-order valence-electron chi connectivity index (χ0n) is 10.7. The number of hydrogen-bond donors (Lipinski definition) is 2. The highest BCUT2D eigenvalue weighted by Crippen LogP contribution is 2.25. The number of carbonyl (C=O) groups excluding carboxylic acids is 1. The molecule has 1 fully saturated rings. The molecule has 3 N–H and O–H groups in total. The number of nitrogens with zero attached hydrogens (tertiary/aromatic N) is 1. The molecule has 17 heavy (non-hydrogen) atoms. The van der Waals surface area contributed by atoms with Crippen LogP contribution in [0.1, 0.15) is 20.8 Å². The van der Waals surface area contributed by atoms with Gasteiger partial charge in [-0.25, -0.2) is 0 Å². The summed E-state index contributed by atoms with van der Waals surface area (Å²) >= 11 is 0. The number of aliphatic carboxylic acids is 1. The van der Waals surface area contributed by atoms with E-state index in [2.05, 4.69) is 0 Å². The molecule has 1 heterocycles. The van der Waals surface area contributed by atoms with Gasteiger partial charge in [-0.05, 0) is 11.8 Å². The maximum atomic E-state index is 12.2. The molecule has 3 atom stereocenters. The quantitative estimate of drug-likeness (QED) is 0.747. The Balaban J connectivity index is 2.70. The predicted molar refractivity (Wildman–Crippen MR) is 64.3 cm³/mol. The fourth-order valence-corrected chi connectivity index (χ4v) is 2.36. The number of carboxylic acid groups (broad SMARTS) is 1. The van der Waals surface area contributed by atoms with Crippen molar-refractivity contribution in [3.8, 4) is 0 Å². The first kappa shape index (κ1) is 14.0. The molecule has 5 heteroatoms. The Bertz CT molecular complexity index is 304. The maximum Gasteiger partial charge on any atom is 0.308 e. The summed E-state index contributed by atoms with van der Waals surface area (Å²) in [5.74, 6) is -1.26. The summed E-state index contributed by atoms with van der Waals surface area (Å²) in [5, 5.41) is 9.03. The van der Waals surface area contributed by atoms with E-state index in [1.54, 1.807) is 4.90 Å². The van der Waals surface area contributed by atoms with Gasteiger partial charge >= 0.3 is 5.97 Å². The molecular weight excluding hydrogens is 220 g/mol. The largest absolute Gasteiger partial charge is 0.481 e. The van der Waals surface area contributed by atoms with E-state index in [9.17, 15) is 9.59 Å². The van der Waals surface area contributed by atoms with Crippen molar-refractivity contribution >= 4 is 11.9 Å². The van der Waals surface area contributed by atoms with Gasteiger partial charge in [0.1, 0.15) is 0 Å². The highest BCUT2D eigenvalue weighted by Gasteiger charge is 2.39. The molecule has 0 spiro atoms. The number of carbonyl (C=O) groups is 2. The fourth-order valence-electron chi connectivity index (χ4n) is 2.36. The van der Waals surface area contributed by atoms with Gasteiger partial charge in [0, 0.05) is 19.6 Å². The van der Waals surface area contributed by atoms with E-state index in [0.29, 0.717) is 19.6 Å². The van der Waals surface area contributed by atoms with Gasteiger partial charge in [0.2, 0.25) is 5.91 Å². The Kier molecular flexibility index (Phi) is 4.51. The molecule has 1 saturated heterocycles. The predicted octanol–water partition coefficient (Wildman–Crippen LogP) is 0.396. The number of hydrogen-bond acceptors (Lipinski definition) is 3. The molecule has 1 aliphatic heterocycles. The Morgan fingerprint density at radius 3 is 2.35 bits per heavy atom. The van der Waals surface area contributed by atoms with Crippen LogP contribution in [-0.2, 0) is 9.59 Å². The molecule has 0 radical (unpaired) electrons. The van der Waals surface area contributed by atoms with Gasteiger partial charge in [-0.3, -0.25) is 9.59 Å². The van der Waals surface area contributed by atoms with Gasteiger partial charge in [0.25, 0.3) is 0 Å². The minimum Gasteiger partial charge on any atom is -0.481 e. The van der Waals surface area contributed by atoms with Crippen molar-refractivity contribution in [1.82, 2.24) is 4.90 Å². The molecule has 98 valence electrons. The minimum absolute atomic E-state index is 0.00176. The number of nitrogens with two attached hydrogens (primary N) is 1. The number of likely N-dealkylation sites (tertiary alicyclic amines) is 1. The van der Waals surface area contributed by atoms with Crippen LogP contribution < -0.4 is 5.73 Å². The molecule has 0 bridgehead atoms. The minimum atomic E-state index is -0.818. The van der Waals surface area contributed by atoms with Gasteiger partial charge in [-0.15, -0.1) is 0 Å². The average Bonchev–Trinajstić information content (AvgIpc) is 2.60. The molecule has 1 rings (SSSR count). The van der Waals surface area contributed by atoms with Crippen LogP contribution >= 0.6 is 0 Å². The molecule has 1 aliphatic rings. The first-order valence-corrected chi connectivity index (χ1v) is 6.10. The van der Waals surface area contributed by atoms with Gasteiger partial charge in [0.15, 0.2) is 0 Å². The lowest BCUT2D eigenvalue weighted by molar-refractivity contribution is -0.142. The summed E-state index contributed by atoms with van der Waals surface area (Å²) in [7, 11) is 0. The lowest BCUT2D eigenvalue weighted by Gasteiger charge is -2.24. The first-order valence-electron chi connectivity index (χ1n) is 6.10. The summed E-state index contributed by atoms with van der Waals surface area (Å²) in [6.07, 6.45) is 0. The average molecular weight is 242 g/mol. The second kappa shape index (κ2) is 5.49. The number of rotatable bonds is 4. The van der Waals surface area contributed by atoms with Crippen molar-refractivity contribution in [3.05, 3.63) is 0 Å². The molecule has 1 amide bonds. The zero-order valence-corrected chi connectivity index (χ0v) is 10.7. The second-order valence-corrected chi connectivity index (χ2v) is 5.25. The highest BCUT2D eigenvalue weighted by molar-refractivity contribution is 5.81. The van der Waals surface area contributed by atoms with Crippen molar-refractivity contribution in [3.63, 3.8) is 0 Å². The van der Waals surface area contributed by atoms with Crippen LogP contribution in [0.15, 0.2) is 0 Å². The lowest BCUT2D eigenvalue weighted by Crippen LogP contribution is -2.40. The van der Waals surface area contributed by atoms with Gasteiger partial charge in [-0.1, -0.05) is 20.8 Å². The molecule has 0 aromatic carbocycles. The van der Waals surface area contributed by atoms with E-state index in [1.165, 1.54) is 0 Å². The Hall–Kier alpha value is -1.10. The molecule has 0 aliphatic carbocycles. The van der Waals surface area contributed by atoms with Crippen LogP contribution in [0, 0.1) is 23.7 Å². The van der Waals surface area contributed by atoms with Gasteiger partial charge in [0.05, 0.1) is 11.8 Å². The van der Waals surface area contributed by atoms with Gasteiger partial charge in [-0.2, -0.15) is 0 Å². The molecule has 0 saturated carbocycles. The SMILES string of the molecule is CC(C)C(CN)C(=O)N1CC(C)C(C(=O)O)C1. The van der Waals surface area contributed by atoms with Crippen molar-refractivity contribution < 1.29 is 14.7 Å². The normalized spacial score (nSPS) is 26.3. The fraction of sp³-hybridized carbons (Fsp3) is 0.833. The van der Waals surface area contributed by atoms with Crippen LogP contribution in [0.25, 0.3) is 0 Å². The Morgan fingerprint density at radius 1 is 1.41 bits per heavy atom. The topological polar surface area (TPSA) is 83.6 Å². The van der Waals surface area contributed by atoms with Crippen molar-refractivity contribution in [2.45, 2.75) is 20.8 Å². The van der Waals surface area contributed by atoms with Crippen LogP contribution in [0.4, 0.5) is 0 Å².